The molecule has 7 rings (SSSR count). The van der Waals surface area contributed by atoms with Gasteiger partial charge in [0.15, 0.2) is 18.4 Å². The van der Waals surface area contributed by atoms with E-state index in [1.165, 1.54) is 0 Å². The number of carbonyl (C=O) groups excluding carboxylic acids is 1. The van der Waals surface area contributed by atoms with E-state index in [0.29, 0.717) is 61.5 Å². The summed E-state index contributed by atoms with van der Waals surface area (Å²) < 4.78 is 63.9. The molecule has 1 spiro atoms. The largest absolute Gasteiger partial charge is 0.462 e. The number of allylic oxidation sites excluding steroid dienone is 2. The van der Waals surface area contributed by atoms with Gasteiger partial charge in [0.25, 0.3) is 0 Å². The van der Waals surface area contributed by atoms with Gasteiger partial charge < -0.3 is 62.7 Å². The average Bonchev–Trinajstić information content (AvgIpc) is 3.58. The fourth-order valence-electron chi connectivity index (χ4n) is 11.0. The topological polar surface area (TPSA) is 170 Å². The Morgan fingerprint density at radius 3 is 2.35 bits per heavy atom. The first kappa shape index (κ1) is 47.9. The normalized spacial score (nSPS) is 49.4. The predicted molar refractivity (Wildman–Crippen MR) is 227 cm³/mol. The molecule has 350 valence electrons. The van der Waals surface area contributed by atoms with Crippen molar-refractivity contribution in [1.29, 1.82) is 0 Å². The third-order valence-electron chi connectivity index (χ3n) is 14.9. The molecule has 1 aliphatic carbocycles. The first-order valence-electron chi connectivity index (χ1n) is 23.2. The minimum absolute atomic E-state index is 0.00708. The third-order valence-corrected chi connectivity index (χ3v) is 14.9. The highest BCUT2D eigenvalue weighted by Crippen LogP contribution is 2.48. The third kappa shape index (κ3) is 9.73. The summed E-state index contributed by atoms with van der Waals surface area (Å²) in [6.45, 7) is 16.3. The molecule has 0 radical (unpaired) electrons. The summed E-state index contributed by atoms with van der Waals surface area (Å²) in [4.78, 5) is 14.4. The molecule has 7 aliphatic rings. The van der Waals surface area contributed by atoms with Crippen LogP contribution >= 0.6 is 0 Å². The summed E-state index contributed by atoms with van der Waals surface area (Å²) in [6, 6.07) is 0. The van der Waals surface area contributed by atoms with Crippen LogP contribution in [0.3, 0.4) is 0 Å². The number of aliphatic hydroxyl groups is 3. The van der Waals surface area contributed by atoms with Gasteiger partial charge in [-0.15, -0.1) is 0 Å². The van der Waals surface area contributed by atoms with E-state index in [1.54, 1.807) is 40.2 Å². The molecule has 6 heterocycles. The summed E-state index contributed by atoms with van der Waals surface area (Å²) in [5.74, 6) is -2.10. The van der Waals surface area contributed by atoms with Crippen molar-refractivity contribution in [3.8, 4) is 0 Å². The molecule has 20 atom stereocenters. The Balaban J connectivity index is 1.18. The van der Waals surface area contributed by atoms with Crippen molar-refractivity contribution in [2.75, 3.05) is 20.8 Å². The van der Waals surface area contributed by atoms with Gasteiger partial charge in [-0.3, -0.25) is 4.79 Å². The number of hydrogen-bond donors (Lipinski definition) is 3. The molecule has 5 saturated heterocycles. The summed E-state index contributed by atoms with van der Waals surface area (Å²) in [7, 11) is 3.23. The minimum atomic E-state index is -1.82. The van der Waals surface area contributed by atoms with Crippen LogP contribution in [0, 0.1) is 23.7 Å². The van der Waals surface area contributed by atoms with Crippen molar-refractivity contribution in [3.63, 3.8) is 0 Å². The number of ether oxygens (including phenoxy) is 10. The molecule has 2 unspecified atom stereocenters. The fourth-order valence-corrected chi connectivity index (χ4v) is 11.0. The van der Waals surface area contributed by atoms with E-state index in [2.05, 4.69) is 40.7 Å². The van der Waals surface area contributed by atoms with Crippen LogP contribution in [0.2, 0.25) is 0 Å². The summed E-state index contributed by atoms with van der Waals surface area (Å²) in [6.07, 6.45) is 6.53. The maximum atomic E-state index is 14.4. The lowest BCUT2D eigenvalue weighted by Gasteiger charge is -2.51. The maximum absolute atomic E-state index is 14.4. The lowest BCUT2D eigenvalue weighted by atomic mass is 9.71. The van der Waals surface area contributed by atoms with Crippen molar-refractivity contribution >= 4 is 5.97 Å². The Morgan fingerprint density at radius 1 is 0.919 bits per heavy atom. The number of carbonyl (C=O) groups is 1. The molecule has 2 bridgehead atoms. The van der Waals surface area contributed by atoms with E-state index in [4.69, 9.17) is 47.4 Å². The van der Waals surface area contributed by atoms with Gasteiger partial charge in [-0.2, -0.15) is 0 Å². The number of aliphatic hydroxyl groups excluding tert-OH is 2. The van der Waals surface area contributed by atoms with Crippen LogP contribution in [0.15, 0.2) is 47.1 Å². The van der Waals surface area contributed by atoms with Gasteiger partial charge in [-0.05, 0) is 69.1 Å². The Hall–Kier alpha value is -2.05. The Bertz CT molecular complexity index is 1680. The molecule has 0 aromatic carbocycles. The molecule has 14 heteroatoms. The molecule has 6 aliphatic heterocycles. The van der Waals surface area contributed by atoms with Crippen LogP contribution in [0.25, 0.3) is 0 Å². The van der Waals surface area contributed by atoms with E-state index < -0.39 is 90.8 Å². The number of esters is 1. The highest BCUT2D eigenvalue weighted by atomic mass is 16.7. The molecule has 0 saturated carbocycles. The lowest BCUT2D eigenvalue weighted by Crippen LogP contribution is -2.58. The number of fused-ring (bicyclic) bond motifs is 2. The Morgan fingerprint density at radius 2 is 1.63 bits per heavy atom. The van der Waals surface area contributed by atoms with Gasteiger partial charge >= 0.3 is 5.97 Å². The zero-order valence-electron chi connectivity index (χ0n) is 38.5. The first-order chi connectivity index (χ1) is 29.5. The molecule has 0 aromatic heterocycles. The molecule has 62 heavy (non-hydrogen) atoms. The standard InChI is InChI=1S/C48H74O14/c1-11-25(2)43-28(5)17-18-47(62-43)23-34-20-33(61-47)16-15-27(4)42(26(3)13-12-14-32-24-55-45-40(49)29(6)19-35(46(51)58-34)48(32,45)52)59-39-22-37(54-10)44(31(8)57-39)60-38-21-36(53-9)41(50)30(7)56-38/h12-15,19,25-26,28,30-31,33-45,49-50,52H,11,16-18,20-24H2,1-10H3/b13-12+,27-15+,32-14+/t25-,26-,28-,30-,31-,33+,34-,35-,36-,37-,38?,39-,40+,41-,42?,43+,44-,45+,47+,48+/m0/s1. The van der Waals surface area contributed by atoms with E-state index in [0.717, 1.165) is 18.4 Å². The van der Waals surface area contributed by atoms with Gasteiger partial charge in [0.2, 0.25) is 0 Å². The highest BCUT2D eigenvalue weighted by Gasteiger charge is 2.60. The lowest BCUT2D eigenvalue weighted by molar-refractivity contribution is -0.340. The van der Waals surface area contributed by atoms with E-state index in [9.17, 15) is 20.1 Å². The molecular weight excluding hydrogens is 801 g/mol. The van der Waals surface area contributed by atoms with E-state index in [1.807, 2.05) is 19.1 Å². The zero-order chi connectivity index (χ0) is 44.7. The molecule has 14 nitrogen and oxygen atoms in total. The first-order valence-corrected chi connectivity index (χ1v) is 23.2. The Labute approximate surface area is 368 Å². The molecule has 5 fully saturated rings. The van der Waals surface area contributed by atoms with Gasteiger partial charge in [-0.25, -0.2) is 0 Å². The van der Waals surface area contributed by atoms with Crippen molar-refractivity contribution in [2.45, 2.75) is 204 Å². The number of methoxy groups -OCH3 is 2. The molecule has 3 N–H and O–H groups in total. The van der Waals surface area contributed by atoms with Crippen LogP contribution in [0.4, 0.5) is 0 Å². The van der Waals surface area contributed by atoms with Crippen molar-refractivity contribution in [1.82, 2.24) is 0 Å². The fraction of sp³-hybridized carbons (Fsp3) is 0.812. The number of hydrogen-bond acceptors (Lipinski definition) is 14. The van der Waals surface area contributed by atoms with Gasteiger partial charge in [0.05, 0.1) is 49.3 Å². The van der Waals surface area contributed by atoms with Crippen LogP contribution in [-0.2, 0) is 52.2 Å². The molecule has 0 amide bonds. The summed E-state index contributed by atoms with van der Waals surface area (Å²) in [5, 5.41) is 34.2. The van der Waals surface area contributed by atoms with Crippen LogP contribution in [0.1, 0.15) is 107 Å². The van der Waals surface area contributed by atoms with Crippen LogP contribution in [0.5, 0.6) is 0 Å². The van der Waals surface area contributed by atoms with Gasteiger partial charge in [0.1, 0.15) is 42.0 Å². The van der Waals surface area contributed by atoms with Crippen molar-refractivity contribution in [3.05, 3.63) is 47.1 Å². The SMILES string of the molecule is CC[C@H](C)[C@H]1O[C@]2(CC[C@@H]1C)C[C@@H]1C[C@@H](C/C=C(\C)C(O[C@H]3C[C@H](OC)[C@@H](OC4C[C@H](OC)[C@@H](O)[C@H](C)O4)[C@H](C)O3)[C@@H](C)/C=C/C=C3\CO[C@@H]4[C@H](O)C(C)=C[C@@H](C(=O)O1)[C@]34O)O2. The summed E-state index contributed by atoms with van der Waals surface area (Å²) >= 11 is 0. The minimum Gasteiger partial charge on any atom is -0.462 e. The molecule has 0 aromatic rings. The Kier molecular flexibility index (Phi) is 15.3. The van der Waals surface area contributed by atoms with Gasteiger partial charge in [-0.1, -0.05) is 64.5 Å². The quantitative estimate of drug-likeness (QED) is 0.204. The zero-order valence-corrected chi connectivity index (χ0v) is 38.5. The maximum Gasteiger partial charge on any atom is 0.316 e. The summed E-state index contributed by atoms with van der Waals surface area (Å²) in [5.41, 5.74) is 0.188. The number of rotatable bonds is 8. The predicted octanol–water partition coefficient (Wildman–Crippen LogP) is 5.60. The van der Waals surface area contributed by atoms with Crippen LogP contribution < -0.4 is 0 Å². The smallest absolute Gasteiger partial charge is 0.316 e. The van der Waals surface area contributed by atoms with E-state index >= 15 is 0 Å². The monoisotopic (exact) mass is 875 g/mol. The van der Waals surface area contributed by atoms with Crippen LogP contribution in [-0.4, -0.2) is 139 Å². The van der Waals surface area contributed by atoms with Crippen molar-refractivity contribution < 1.29 is 67.5 Å². The molecular formula is C48H74O14. The second-order valence-electron chi connectivity index (χ2n) is 19.4. The van der Waals surface area contributed by atoms with Crippen molar-refractivity contribution in [2.24, 2.45) is 23.7 Å². The van der Waals surface area contributed by atoms with E-state index in [-0.39, 0.29) is 30.8 Å². The van der Waals surface area contributed by atoms with Gasteiger partial charge in [0, 0.05) is 52.2 Å². The second-order valence-corrected chi connectivity index (χ2v) is 19.4. The highest BCUT2D eigenvalue weighted by molar-refractivity contribution is 5.78. The average molecular weight is 875 g/mol. The second kappa shape index (κ2) is 19.8.